The molecular weight excluding hydrogens is 326 g/mol. The van der Waals surface area contributed by atoms with Gasteiger partial charge in [-0.05, 0) is 50.5 Å². The third-order valence-electron chi connectivity index (χ3n) is 3.47. The number of amides is 1. The molecule has 1 unspecified atom stereocenters. The highest BCUT2D eigenvalue weighted by atomic mass is 79.9. The fraction of sp³-hybridized carbons (Fsp3) is 0.429. The minimum absolute atomic E-state index is 0.407. The Balaban J connectivity index is 1.95. The third-order valence-corrected chi connectivity index (χ3v) is 4.00. The zero-order valence-electron chi connectivity index (χ0n) is 11.1. The van der Waals surface area contributed by atoms with Gasteiger partial charge in [-0.25, -0.2) is 4.79 Å². The fourth-order valence-electron chi connectivity index (χ4n) is 2.03. The van der Waals surface area contributed by atoms with Gasteiger partial charge < -0.3 is 15.2 Å². The van der Waals surface area contributed by atoms with E-state index in [1.165, 1.54) is 0 Å². The molecule has 0 radical (unpaired) electrons. The van der Waals surface area contributed by atoms with Crippen molar-refractivity contribution in [3.63, 3.8) is 0 Å². The number of halogens is 1. The second kappa shape index (κ2) is 5.83. The zero-order chi connectivity index (χ0) is 14.8. The van der Waals surface area contributed by atoms with Gasteiger partial charge in [0.2, 0.25) is 0 Å². The lowest BCUT2D eigenvalue weighted by atomic mass is 9.76. The number of carbonyl (C=O) groups is 2. The molecule has 2 N–H and O–H groups in total. The maximum Gasteiger partial charge on any atom is 0.329 e. The number of aliphatic carboxylic acids is 1. The van der Waals surface area contributed by atoms with Gasteiger partial charge in [0.05, 0.1) is 0 Å². The normalized spacial score (nSPS) is 17.7. The van der Waals surface area contributed by atoms with E-state index >= 15 is 0 Å². The zero-order valence-corrected chi connectivity index (χ0v) is 12.6. The van der Waals surface area contributed by atoms with Gasteiger partial charge in [0.15, 0.2) is 6.10 Å². The Hall–Kier alpha value is -1.56. The van der Waals surface area contributed by atoms with Gasteiger partial charge in [-0.1, -0.05) is 15.9 Å². The maximum atomic E-state index is 12.0. The summed E-state index contributed by atoms with van der Waals surface area (Å²) in [6.07, 6.45) is 1.01. The van der Waals surface area contributed by atoms with Crippen LogP contribution in [0.1, 0.15) is 26.2 Å². The van der Waals surface area contributed by atoms with Gasteiger partial charge in [0.1, 0.15) is 11.3 Å². The molecule has 1 amide bonds. The van der Waals surface area contributed by atoms with Crippen LogP contribution in [-0.4, -0.2) is 28.6 Å². The molecule has 1 atom stereocenters. The molecule has 5 nitrogen and oxygen atoms in total. The highest BCUT2D eigenvalue weighted by Crippen LogP contribution is 2.32. The van der Waals surface area contributed by atoms with Crippen molar-refractivity contribution in [2.45, 2.75) is 37.8 Å². The number of nitrogens with one attached hydrogen (secondary N) is 1. The summed E-state index contributed by atoms with van der Waals surface area (Å²) in [7, 11) is 0. The SMILES string of the molecule is CC(Oc1ccc(Br)cc1)C(=O)NC1(C(=O)O)CCC1. The standard InChI is InChI=1S/C14H16BrNO4/c1-9(20-11-5-3-10(15)4-6-11)12(17)16-14(13(18)19)7-2-8-14/h3-6,9H,2,7-8H2,1H3,(H,16,17)(H,18,19). The van der Waals surface area contributed by atoms with Gasteiger partial charge >= 0.3 is 5.97 Å². The Morgan fingerprint density at radius 2 is 1.95 bits per heavy atom. The van der Waals surface area contributed by atoms with E-state index < -0.39 is 23.5 Å². The van der Waals surface area contributed by atoms with Gasteiger partial charge in [-0.3, -0.25) is 4.79 Å². The van der Waals surface area contributed by atoms with Crippen LogP contribution in [0, 0.1) is 0 Å². The maximum absolute atomic E-state index is 12.0. The molecule has 1 fully saturated rings. The van der Waals surface area contributed by atoms with Crippen molar-refractivity contribution in [2.75, 3.05) is 0 Å². The molecule has 0 bridgehead atoms. The second-order valence-corrected chi connectivity index (χ2v) is 5.86. The highest BCUT2D eigenvalue weighted by molar-refractivity contribution is 9.10. The first-order valence-corrected chi connectivity index (χ1v) is 7.20. The van der Waals surface area contributed by atoms with Crippen molar-refractivity contribution in [1.29, 1.82) is 0 Å². The quantitative estimate of drug-likeness (QED) is 0.861. The van der Waals surface area contributed by atoms with E-state index in [4.69, 9.17) is 4.74 Å². The molecule has 6 heteroatoms. The van der Waals surface area contributed by atoms with Crippen LogP contribution in [-0.2, 0) is 9.59 Å². The second-order valence-electron chi connectivity index (χ2n) is 4.94. The Labute approximate surface area is 125 Å². The van der Waals surface area contributed by atoms with E-state index in [2.05, 4.69) is 21.2 Å². The van der Waals surface area contributed by atoms with Gasteiger partial charge in [-0.15, -0.1) is 0 Å². The third kappa shape index (κ3) is 3.12. The van der Waals surface area contributed by atoms with Gasteiger partial charge in [0.25, 0.3) is 5.91 Å². The number of benzene rings is 1. The lowest BCUT2D eigenvalue weighted by Gasteiger charge is -2.38. The molecule has 2 rings (SSSR count). The monoisotopic (exact) mass is 341 g/mol. The first-order valence-electron chi connectivity index (χ1n) is 6.41. The first kappa shape index (κ1) is 14.8. The average Bonchev–Trinajstić information content (AvgIpc) is 2.35. The van der Waals surface area contributed by atoms with E-state index in [1.54, 1.807) is 19.1 Å². The van der Waals surface area contributed by atoms with E-state index in [-0.39, 0.29) is 0 Å². The Kier molecular flexibility index (Phi) is 4.32. The smallest absolute Gasteiger partial charge is 0.329 e. The van der Waals surface area contributed by atoms with Crippen LogP contribution < -0.4 is 10.1 Å². The largest absolute Gasteiger partial charge is 0.481 e. The number of carboxylic acids is 1. The van der Waals surface area contributed by atoms with Gasteiger partial charge in [-0.2, -0.15) is 0 Å². The summed E-state index contributed by atoms with van der Waals surface area (Å²) in [5.74, 6) is -0.822. The van der Waals surface area contributed by atoms with Crippen molar-refractivity contribution >= 4 is 27.8 Å². The summed E-state index contributed by atoms with van der Waals surface area (Å²) >= 11 is 3.31. The van der Waals surface area contributed by atoms with Crippen LogP contribution in [0.2, 0.25) is 0 Å². The summed E-state index contributed by atoms with van der Waals surface area (Å²) in [5, 5.41) is 11.8. The summed E-state index contributed by atoms with van der Waals surface area (Å²) in [5.41, 5.74) is -1.10. The molecule has 108 valence electrons. The van der Waals surface area contributed by atoms with Crippen LogP contribution >= 0.6 is 15.9 Å². The molecule has 1 aromatic carbocycles. The highest BCUT2D eigenvalue weighted by Gasteiger charge is 2.46. The summed E-state index contributed by atoms with van der Waals surface area (Å²) < 4.78 is 6.42. The molecule has 0 spiro atoms. The Morgan fingerprint density at radius 1 is 1.35 bits per heavy atom. The Bertz CT molecular complexity index is 510. The molecule has 1 aliphatic rings. The number of carboxylic acid groups (broad SMARTS) is 1. The predicted molar refractivity (Wildman–Crippen MR) is 76.6 cm³/mol. The average molecular weight is 342 g/mol. The Morgan fingerprint density at radius 3 is 2.40 bits per heavy atom. The van der Waals surface area contributed by atoms with Crippen molar-refractivity contribution in [2.24, 2.45) is 0 Å². The lowest BCUT2D eigenvalue weighted by Crippen LogP contribution is -2.61. The summed E-state index contributed by atoms with van der Waals surface area (Å²) in [6.45, 7) is 1.60. The number of hydrogen-bond acceptors (Lipinski definition) is 3. The topological polar surface area (TPSA) is 75.6 Å². The van der Waals surface area contributed by atoms with Crippen LogP contribution in [0.5, 0.6) is 5.75 Å². The number of carbonyl (C=O) groups excluding carboxylic acids is 1. The molecule has 0 heterocycles. The van der Waals surface area contributed by atoms with Crippen molar-refractivity contribution < 1.29 is 19.4 Å². The first-order chi connectivity index (χ1) is 9.43. The minimum Gasteiger partial charge on any atom is -0.481 e. The number of ether oxygens (including phenoxy) is 1. The van der Waals surface area contributed by atoms with E-state index in [9.17, 15) is 14.7 Å². The molecule has 1 saturated carbocycles. The van der Waals surface area contributed by atoms with E-state index in [1.807, 2.05) is 12.1 Å². The molecule has 0 saturated heterocycles. The molecular formula is C14H16BrNO4. The molecule has 1 aliphatic carbocycles. The number of rotatable bonds is 5. The van der Waals surface area contributed by atoms with E-state index in [0.717, 1.165) is 10.9 Å². The number of hydrogen-bond donors (Lipinski definition) is 2. The van der Waals surface area contributed by atoms with Crippen molar-refractivity contribution in [3.05, 3.63) is 28.7 Å². The minimum atomic E-state index is -1.10. The van der Waals surface area contributed by atoms with Crippen LogP contribution in [0.3, 0.4) is 0 Å². The lowest BCUT2D eigenvalue weighted by molar-refractivity contribution is -0.152. The molecule has 0 aliphatic heterocycles. The molecule has 20 heavy (non-hydrogen) atoms. The summed E-state index contributed by atoms with van der Waals surface area (Å²) in [4.78, 5) is 23.2. The fourth-order valence-corrected chi connectivity index (χ4v) is 2.30. The van der Waals surface area contributed by atoms with Crippen LogP contribution in [0.4, 0.5) is 0 Å². The summed E-state index contributed by atoms with van der Waals surface area (Å²) in [6, 6.07) is 7.10. The van der Waals surface area contributed by atoms with Crippen molar-refractivity contribution in [3.8, 4) is 5.75 Å². The van der Waals surface area contributed by atoms with Crippen LogP contribution in [0.25, 0.3) is 0 Å². The molecule has 1 aromatic rings. The predicted octanol–water partition coefficient (Wildman–Crippen LogP) is 2.34. The van der Waals surface area contributed by atoms with Gasteiger partial charge in [0, 0.05) is 4.47 Å². The van der Waals surface area contributed by atoms with Crippen molar-refractivity contribution in [1.82, 2.24) is 5.32 Å². The molecule has 0 aromatic heterocycles. The van der Waals surface area contributed by atoms with Crippen LogP contribution in [0.15, 0.2) is 28.7 Å². The van der Waals surface area contributed by atoms with E-state index in [0.29, 0.717) is 18.6 Å².